The molecule has 0 aliphatic rings. The first-order valence-electron chi connectivity index (χ1n) is 5.67. The van der Waals surface area contributed by atoms with Gasteiger partial charge in [0.05, 0.1) is 6.04 Å². The van der Waals surface area contributed by atoms with Gasteiger partial charge in [0.2, 0.25) is 0 Å². The Kier molecular flexibility index (Phi) is 3.84. The molecule has 1 unspecified atom stereocenters. The van der Waals surface area contributed by atoms with Crippen LogP contribution in [0.15, 0.2) is 18.2 Å². The zero-order valence-corrected chi connectivity index (χ0v) is 11.1. The van der Waals surface area contributed by atoms with Gasteiger partial charge in [-0.25, -0.2) is 9.18 Å². The third kappa shape index (κ3) is 2.60. The number of carbonyl (C=O) groups is 1. The monoisotopic (exact) mass is 277 g/mol. The van der Waals surface area contributed by atoms with E-state index in [9.17, 15) is 14.3 Å². The number of rotatable bonds is 4. The van der Waals surface area contributed by atoms with Crippen molar-refractivity contribution in [2.75, 3.05) is 0 Å². The molecule has 1 atom stereocenters. The molecule has 0 radical (unpaired) electrons. The van der Waals surface area contributed by atoms with E-state index in [0.717, 1.165) is 11.3 Å². The topological polar surface area (TPSA) is 49.3 Å². The number of terminal acetylenes is 1. The van der Waals surface area contributed by atoms with Gasteiger partial charge in [0.25, 0.3) is 0 Å². The molecule has 19 heavy (non-hydrogen) atoms. The van der Waals surface area contributed by atoms with Crippen molar-refractivity contribution < 1.29 is 14.3 Å². The molecule has 0 spiro atoms. The summed E-state index contributed by atoms with van der Waals surface area (Å²) >= 11 is 1.07. The Labute approximate surface area is 114 Å². The number of thiophene rings is 1. The maximum Gasteiger partial charge on any atom is 0.346 e. The van der Waals surface area contributed by atoms with Crippen LogP contribution >= 0.6 is 11.3 Å². The predicted molar refractivity (Wildman–Crippen MR) is 73.9 cm³/mol. The van der Waals surface area contributed by atoms with Crippen LogP contribution in [0.4, 0.5) is 4.39 Å². The van der Waals surface area contributed by atoms with E-state index in [2.05, 4.69) is 11.2 Å². The van der Waals surface area contributed by atoms with Crippen LogP contribution in [0.3, 0.4) is 0 Å². The Morgan fingerprint density at radius 2 is 2.37 bits per heavy atom. The third-order valence-electron chi connectivity index (χ3n) is 2.79. The fourth-order valence-corrected chi connectivity index (χ4v) is 2.90. The number of benzene rings is 1. The zero-order valence-electron chi connectivity index (χ0n) is 10.2. The Bertz CT molecular complexity index is 672. The van der Waals surface area contributed by atoms with Gasteiger partial charge in [-0.15, -0.1) is 17.8 Å². The number of carboxylic acid groups (broad SMARTS) is 1. The molecule has 1 aromatic carbocycles. The van der Waals surface area contributed by atoms with Crippen molar-refractivity contribution in [2.24, 2.45) is 0 Å². The standard InChI is InChI=1S/C14H12FNO2S/c1-3-8(2)16-7-9-12-10(15)5-4-6-11(12)19-13(9)14(17)18/h1,4-6,8,16H,7H2,2H3,(H,17,18). The van der Waals surface area contributed by atoms with E-state index in [1.54, 1.807) is 19.1 Å². The minimum absolute atomic E-state index is 0.150. The van der Waals surface area contributed by atoms with Crippen molar-refractivity contribution in [1.82, 2.24) is 5.32 Å². The van der Waals surface area contributed by atoms with Gasteiger partial charge in [-0.2, -0.15) is 0 Å². The Morgan fingerprint density at radius 1 is 1.63 bits per heavy atom. The average Bonchev–Trinajstić information content (AvgIpc) is 2.76. The first kappa shape index (κ1) is 13.5. The van der Waals surface area contributed by atoms with Crippen molar-refractivity contribution in [3.8, 4) is 12.3 Å². The van der Waals surface area contributed by atoms with Crippen LogP contribution in [0.2, 0.25) is 0 Å². The van der Waals surface area contributed by atoms with Gasteiger partial charge >= 0.3 is 5.97 Å². The van der Waals surface area contributed by atoms with Gasteiger partial charge in [-0.1, -0.05) is 12.0 Å². The summed E-state index contributed by atoms with van der Waals surface area (Å²) in [7, 11) is 0. The summed E-state index contributed by atoms with van der Waals surface area (Å²) in [4.78, 5) is 11.4. The van der Waals surface area contributed by atoms with Crippen LogP contribution in [0, 0.1) is 18.2 Å². The van der Waals surface area contributed by atoms with E-state index in [4.69, 9.17) is 6.42 Å². The number of aromatic carboxylic acids is 1. The summed E-state index contributed by atoms with van der Waals surface area (Å²) in [5, 5.41) is 12.6. The van der Waals surface area contributed by atoms with Gasteiger partial charge in [0.15, 0.2) is 0 Å². The van der Waals surface area contributed by atoms with E-state index >= 15 is 0 Å². The molecular formula is C14H12FNO2S. The summed E-state index contributed by atoms with van der Waals surface area (Å²) in [6, 6.07) is 4.41. The quantitative estimate of drug-likeness (QED) is 0.845. The van der Waals surface area contributed by atoms with Crippen molar-refractivity contribution in [3.05, 3.63) is 34.5 Å². The van der Waals surface area contributed by atoms with E-state index in [0.29, 0.717) is 15.6 Å². The molecule has 2 rings (SSSR count). The SMILES string of the molecule is C#CC(C)NCc1c(C(=O)O)sc2cccc(F)c12. The molecule has 0 saturated heterocycles. The molecular weight excluding hydrogens is 265 g/mol. The van der Waals surface area contributed by atoms with Crippen LogP contribution in [0.1, 0.15) is 22.2 Å². The summed E-state index contributed by atoms with van der Waals surface area (Å²) in [5.41, 5.74) is 0.452. The van der Waals surface area contributed by atoms with Gasteiger partial charge < -0.3 is 5.11 Å². The van der Waals surface area contributed by atoms with Gasteiger partial charge in [-0.3, -0.25) is 5.32 Å². The van der Waals surface area contributed by atoms with E-state index in [1.165, 1.54) is 6.07 Å². The molecule has 3 nitrogen and oxygen atoms in total. The van der Waals surface area contributed by atoms with Crippen LogP contribution in [0.5, 0.6) is 0 Å². The second-order valence-electron chi connectivity index (χ2n) is 4.10. The second kappa shape index (κ2) is 5.39. The first-order chi connectivity index (χ1) is 9.04. The normalized spacial score (nSPS) is 12.3. The number of fused-ring (bicyclic) bond motifs is 1. The van der Waals surface area contributed by atoms with E-state index in [1.807, 2.05) is 0 Å². The van der Waals surface area contributed by atoms with Crippen LogP contribution in [-0.2, 0) is 6.54 Å². The lowest BCUT2D eigenvalue weighted by Gasteiger charge is -2.08. The second-order valence-corrected chi connectivity index (χ2v) is 5.15. The van der Waals surface area contributed by atoms with Crippen molar-refractivity contribution >= 4 is 27.4 Å². The van der Waals surface area contributed by atoms with Crippen molar-refractivity contribution in [2.45, 2.75) is 19.5 Å². The Morgan fingerprint density at radius 3 is 3.00 bits per heavy atom. The lowest BCUT2D eigenvalue weighted by atomic mass is 10.1. The van der Waals surface area contributed by atoms with E-state index < -0.39 is 11.8 Å². The molecule has 1 heterocycles. The molecule has 0 aliphatic heterocycles. The molecule has 2 N–H and O–H groups in total. The smallest absolute Gasteiger partial charge is 0.346 e. The lowest BCUT2D eigenvalue weighted by molar-refractivity contribution is 0.0701. The molecule has 2 aromatic rings. The summed E-state index contributed by atoms with van der Waals surface area (Å²) in [6.07, 6.45) is 5.25. The van der Waals surface area contributed by atoms with Gasteiger partial charge in [-0.05, 0) is 19.1 Å². The highest BCUT2D eigenvalue weighted by molar-refractivity contribution is 7.21. The fraction of sp³-hybridized carbons (Fsp3) is 0.214. The molecule has 1 aromatic heterocycles. The zero-order chi connectivity index (χ0) is 14.0. The highest BCUT2D eigenvalue weighted by atomic mass is 32.1. The Balaban J connectivity index is 2.52. The lowest BCUT2D eigenvalue weighted by Crippen LogP contribution is -2.24. The van der Waals surface area contributed by atoms with Crippen LogP contribution in [-0.4, -0.2) is 17.1 Å². The number of hydrogen-bond donors (Lipinski definition) is 2. The molecule has 98 valence electrons. The van der Waals surface area contributed by atoms with Gasteiger partial charge in [0.1, 0.15) is 10.7 Å². The first-order valence-corrected chi connectivity index (χ1v) is 6.49. The Hall–Kier alpha value is -1.90. The largest absolute Gasteiger partial charge is 0.477 e. The van der Waals surface area contributed by atoms with Crippen molar-refractivity contribution in [3.63, 3.8) is 0 Å². The van der Waals surface area contributed by atoms with Crippen LogP contribution in [0.25, 0.3) is 10.1 Å². The molecule has 0 amide bonds. The highest BCUT2D eigenvalue weighted by Gasteiger charge is 2.20. The molecule has 0 fully saturated rings. The van der Waals surface area contributed by atoms with Crippen LogP contribution < -0.4 is 5.32 Å². The number of hydrogen-bond acceptors (Lipinski definition) is 3. The number of nitrogens with one attached hydrogen (secondary N) is 1. The molecule has 0 aliphatic carbocycles. The fourth-order valence-electron chi connectivity index (χ4n) is 1.82. The molecule has 5 heteroatoms. The molecule has 0 saturated carbocycles. The minimum Gasteiger partial charge on any atom is -0.477 e. The average molecular weight is 277 g/mol. The summed E-state index contributed by atoms with van der Waals surface area (Å²) < 4.78 is 14.5. The molecule has 0 bridgehead atoms. The predicted octanol–water partition coefficient (Wildman–Crippen LogP) is 2.85. The van der Waals surface area contributed by atoms with E-state index in [-0.39, 0.29) is 17.5 Å². The maximum absolute atomic E-state index is 13.9. The number of halogens is 1. The number of carboxylic acids is 1. The third-order valence-corrected chi connectivity index (χ3v) is 3.98. The summed E-state index contributed by atoms with van der Waals surface area (Å²) in [6.45, 7) is 2.01. The van der Waals surface area contributed by atoms with Crippen molar-refractivity contribution in [1.29, 1.82) is 0 Å². The highest BCUT2D eigenvalue weighted by Crippen LogP contribution is 2.33. The minimum atomic E-state index is -1.05. The maximum atomic E-state index is 13.9. The summed E-state index contributed by atoms with van der Waals surface area (Å²) in [5.74, 6) is 1.03. The van der Waals surface area contributed by atoms with Gasteiger partial charge in [0, 0.05) is 22.2 Å².